The van der Waals surface area contributed by atoms with Crippen LogP contribution >= 0.6 is 11.3 Å². The Hall–Kier alpha value is -1.42. The normalized spacial score (nSPS) is 10.0. The third-order valence-corrected chi connectivity index (χ3v) is 2.27. The van der Waals surface area contributed by atoms with Crippen molar-refractivity contribution in [2.45, 2.75) is 0 Å². The fraction of sp³-hybridized carbons (Fsp3) is 0. The van der Waals surface area contributed by atoms with Gasteiger partial charge in [0.2, 0.25) is 0 Å². The van der Waals surface area contributed by atoms with Gasteiger partial charge < -0.3 is 5.73 Å². The molecular weight excluding hydrogens is 170 g/mol. The molecule has 4 heteroatoms. The first-order valence-electron chi connectivity index (χ1n) is 3.46. The number of thiazole rings is 1. The van der Waals surface area contributed by atoms with E-state index in [1.807, 2.05) is 12.1 Å². The van der Waals surface area contributed by atoms with Crippen LogP contribution in [0.5, 0.6) is 0 Å². The summed E-state index contributed by atoms with van der Waals surface area (Å²) >= 11 is 1.57. The molecule has 2 rings (SSSR count). The average Bonchev–Trinajstić information content (AvgIpc) is 2.58. The van der Waals surface area contributed by atoms with E-state index in [0.717, 1.165) is 10.6 Å². The van der Waals surface area contributed by atoms with Crippen molar-refractivity contribution in [3.8, 4) is 10.6 Å². The zero-order valence-electron chi connectivity index (χ0n) is 6.27. The number of hydrogen-bond acceptors (Lipinski definition) is 4. The third-order valence-electron chi connectivity index (χ3n) is 1.47. The van der Waals surface area contributed by atoms with Crippen molar-refractivity contribution < 1.29 is 0 Å². The molecule has 0 aliphatic heterocycles. The maximum Gasteiger partial charge on any atom is 0.0819 e. The number of rotatable bonds is 1. The van der Waals surface area contributed by atoms with Gasteiger partial charge in [-0.3, -0.25) is 9.97 Å². The predicted molar refractivity (Wildman–Crippen MR) is 49.8 cm³/mol. The number of nitrogens with two attached hydrogens (primary N) is 1. The van der Waals surface area contributed by atoms with Crippen molar-refractivity contribution in [1.29, 1.82) is 0 Å². The van der Waals surface area contributed by atoms with Crippen LogP contribution in [0.15, 0.2) is 30.0 Å². The Bertz CT molecular complexity index is 352. The molecule has 60 valence electrons. The fourth-order valence-electron chi connectivity index (χ4n) is 0.893. The fourth-order valence-corrected chi connectivity index (χ4v) is 1.49. The SMILES string of the molecule is Nc1ccc(-c2cncs2)nc1. The molecule has 0 bridgehead atoms. The summed E-state index contributed by atoms with van der Waals surface area (Å²) in [6.45, 7) is 0. The highest BCUT2D eigenvalue weighted by Gasteiger charge is 1.98. The van der Waals surface area contributed by atoms with Crippen LogP contribution < -0.4 is 5.73 Å². The van der Waals surface area contributed by atoms with Gasteiger partial charge in [-0.05, 0) is 12.1 Å². The van der Waals surface area contributed by atoms with Crippen molar-refractivity contribution in [2.75, 3.05) is 5.73 Å². The van der Waals surface area contributed by atoms with Crippen LogP contribution in [-0.4, -0.2) is 9.97 Å². The van der Waals surface area contributed by atoms with Crippen molar-refractivity contribution in [3.05, 3.63) is 30.0 Å². The highest BCUT2D eigenvalue weighted by Crippen LogP contribution is 2.20. The molecule has 2 aromatic heterocycles. The molecule has 0 aliphatic carbocycles. The second-order valence-electron chi connectivity index (χ2n) is 2.34. The molecule has 12 heavy (non-hydrogen) atoms. The highest BCUT2D eigenvalue weighted by molar-refractivity contribution is 7.13. The first-order valence-corrected chi connectivity index (χ1v) is 4.34. The Morgan fingerprint density at radius 1 is 1.25 bits per heavy atom. The third kappa shape index (κ3) is 1.29. The zero-order chi connectivity index (χ0) is 8.39. The molecule has 0 amide bonds. The van der Waals surface area contributed by atoms with E-state index in [4.69, 9.17) is 5.73 Å². The predicted octanol–water partition coefficient (Wildman–Crippen LogP) is 1.79. The molecule has 0 atom stereocenters. The van der Waals surface area contributed by atoms with E-state index in [1.165, 1.54) is 0 Å². The van der Waals surface area contributed by atoms with Crippen molar-refractivity contribution >= 4 is 17.0 Å². The van der Waals surface area contributed by atoms with Gasteiger partial charge in [-0.25, -0.2) is 0 Å². The van der Waals surface area contributed by atoms with Gasteiger partial charge in [-0.15, -0.1) is 11.3 Å². The number of hydrogen-bond donors (Lipinski definition) is 1. The number of pyridine rings is 1. The molecule has 0 saturated heterocycles. The molecular formula is C8H7N3S. The van der Waals surface area contributed by atoms with E-state index in [1.54, 1.807) is 29.2 Å². The van der Waals surface area contributed by atoms with Crippen molar-refractivity contribution in [2.24, 2.45) is 0 Å². The monoisotopic (exact) mass is 177 g/mol. The van der Waals surface area contributed by atoms with Gasteiger partial charge in [-0.1, -0.05) is 0 Å². The highest BCUT2D eigenvalue weighted by atomic mass is 32.1. The molecule has 0 spiro atoms. The van der Waals surface area contributed by atoms with Crippen molar-refractivity contribution in [1.82, 2.24) is 9.97 Å². The van der Waals surface area contributed by atoms with Gasteiger partial charge in [0.1, 0.15) is 0 Å². The average molecular weight is 177 g/mol. The molecule has 0 saturated carbocycles. The summed E-state index contributed by atoms with van der Waals surface area (Å²) < 4.78 is 0. The van der Waals surface area contributed by atoms with Crippen LogP contribution in [0.3, 0.4) is 0 Å². The number of nitrogen functional groups attached to an aromatic ring is 1. The van der Waals surface area contributed by atoms with E-state index < -0.39 is 0 Å². The van der Waals surface area contributed by atoms with Gasteiger partial charge in [-0.2, -0.15) is 0 Å². The number of anilines is 1. The molecule has 2 N–H and O–H groups in total. The summed E-state index contributed by atoms with van der Waals surface area (Å²) in [5.41, 5.74) is 8.90. The maximum atomic E-state index is 5.51. The minimum atomic E-state index is 0.684. The summed E-state index contributed by atoms with van der Waals surface area (Å²) in [6, 6.07) is 3.73. The molecule has 0 fully saturated rings. The summed E-state index contributed by atoms with van der Waals surface area (Å²) in [4.78, 5) is 9.20. The molecule has 0 aliphatic rings. The standard InChI is InChI=1S/C8H7N3S/c9-6-1-2-7(11-3-6)8-4-10-5-12-8/h1-5H,9H2. The molecule has 3 nitrogen and oxygen atoms in total. The van der Waals surface area contributed by atoms with E-state index in [0.29, 0.717) is 5.69 Å². The van der Waals surface area contributed by atoms with Crippen LogP contribution in [0.25, 0.3) is 10.6 Å². The Morgan fingerprint density at radius 3 is 2.75 bits per heavy atom. The minimum absolute atomic E-state index is 0.684. The van der Waals surface area contributed by atoms with Gasteiger partial charge in [0.05, 0.1) is 28.0 Å². The first kappa shape index (κ1) is 7.24. The van der Waals surface area contributed by atoms with Gasteiger partial charge in [0.15, 0.2) is 0 Å². The van der Waals surface area contributed by atoms with Gasteiger partial charge >= 0.3 is 0 Å². The van der Waals surface area contributed by atoms with E-state index >= 15 is 0 Å². The van der Waals surface area contributed by atoms with Gasteiger partial charge in [0, 0.05) is 6.20 Å². The maximum absolute atomic E-state index is 5.51. The van der Waals surface area contributed by atoms with Crippen LogP contribution in [-0.2, 0) is 0 Å². The zero-order valence-corrected chi connectivity index (χ0v) is 7.08. The van der Waals surface area contributed by atoms with Crippen LogP contribution in [0.2, 0.25) is 0 Å². The quantitative estimate of drug-likeness (QED) is 0.722. The lowest BCUT2D eigenvalue weighted by Crippen LogP contribution is -1.86. The van der Waals surface area contributed by atoms with Crippen LogP contribution in [0.4, 0.5) is 5.69 Å². The largest absolute Gasteiger partial charge is 0.397 e. The minimum Gasteiger partial charge on any atom is -0.397 e. The lowest BCUT2D eigenvalue weighted by molar-refractivity contribution is 1.33. The lowest BCUT2D eigenvalue weighted by Gasteiger charge is -1.95. The molecule has 0 unspecified atom stereocenters. The van der Waals surface area contributed by atoms with Crippen molar-refractivity contribution in [3.63, 3.8) is 0 Å². The van der Waals surface area contributed by atoms with Gasteiger partial charge in [0.25, 0.3) is 0 Å². The Labute approximate surface area is 73.9 Å². The molecule has 0 radical (unpaired) electrons. The van der Waals surface area contributed by atoms with E-state index in [-0.39, 0.29) is 0 Å². The van der Waals surface area contributed by atoms with E-state index in [2.05, 4.69) is 9.97 Å². The Morgan fingerprint density at radius 2 is 2.17 bits per heavy atom. The van der Waals surface area contributed by atoms with E-state index in [9.17, 15) is 0 Å². The topological polar surface area (TPSA) is 51.8 Å². The van der Waals surface area contributed by atoms with Crippen LogP contribution in [0.1, 0.15) is 0 Å². The lowest BCUT2D eigenvalue weighted by atomic mass is 10.3. The Balaban J connectivity index is 2.43. The summed E-state index contributed by atoms with van der Waals surface area (Å²) in [5.74, 6) is 0. The number of aromatic nitrogens is 2. The Kier molecular flexibility index (Phi) is 1.75. The summed E-state index contributed by atoms with van der Waals surface area (Å²) in [6.07, 6.45) is 3.44. The second kappa shape index (κ2) is 2.91. The molecule has 0 aromatic carbocycles. The second-order valence-corrected chi connectivity index (χ2v) is 3.23. The molecule has 2 heterocycles. The molecule has 2 aromatic rings. The van der Waals surface area contributed by atoms with Crippen LogP contribution in [0, 0.1) is 0 Å². The number of nitrogens with zero attached hydrogens (tertiary/aromatic N) is 2. The summed E-state index contributed by atoms with van der Waals surface area (Å²) in [5, 5.41) is 0. The smallest absolute Gasteiger partial charge is 0.0819 e. The summed E-state index contributed by atoms with van der Waals surface area (Å²) in [7, 11) is 0. The first-order chi connectivity index (χ1) is 5.86.